The highest BCUT2D eigenvalue weighted by Gasteiger charge is 2.22. The van der Waals surface area contributed by atoms with E-state index in [9.17, 15) is 4.79 Å². The molecule has 34 heavy (non-hydrogen) atoms. The number of piperazine rings is 1. The molecule has 1 fully saturated rings. The first-order chi connectivity index (χ1) is 16.5. The standard InChI is InChI=1S/C26H28N6O2/c1-18(2)26(33)32-11-9-31(10-12-32)17-19-13-20-3-5-22(14-24(20)27-15-19)34-25-6-4-21(16-28-25)23-7-8-29-30-23/h3-8,13-16,18H,9-12,17H2,1-2H3,(H,29,30). The summed E-state index contributed by atoms with van der Waals surface area (Å²) < 4.78 is 5.94. The lowest BCUT2D eigenvalue weighted by Crippen LogP contribution is -2.49. The van der Waals surface area contributed by atoms with Gasteiger partial charge in [-0.3, -0.25) is 19.8 Å². The highest BCUT2D eigenvalue weighted by atomic mass is 16.5. The quantitative estimate of drug-likeness (QED) is 0.470. The molecule has 0 aliphatic carbocycles. The van der Waals surface area contributed by atoms with E-state index in [-0.39, 0.29) is 11.8 Å². The van der Waals surface area contributed by atoms with E-state index in [2.05, 4.69) is 31.1 Å². The van der Waals surface area contributed by atoms with Gasteiger partial charge >= 0.3 is 0 Å². The van der Waals surface area contributed by atoms with Gasteiger partial charge in [-0.1, -0.05) is 13.8 Å². The molecule has 8 nitrogen and oxygen atoms in total. The van der Waals surface area contributed by atoms with Crippen LogP contribution in [0.1, 0.15) is 19.4 Å². The van der Waals surface area contributed by atoms with E-state index in [1.54, 1.807) is 12.4 Å². The molecule has 174 valence electrons. The first kappa shape index (κ1) is 22.0. The molecule has 4 aromatic rings. The zero-order valence-corrected chi connectivity index (χ0v) is 19.4. The molecule has 4 heterocycles. The van der Waals surface area contributed by atoms with Gasteiger partial charge in [-0.2, -0.15) is 5.10 Å². The number of nitrogens with one attached hydrogen (secondary N) is 1. The van der Waals surface area contributed by atoms with E-state index in [4.69, 9.17) is 4.74 Å². The maximum absolute atomic E-state index is 12.2. The van der Waals surface area contributed by atoms with E-state index in [1.807, 2.05) is 61.3 Å². The molecule has 0 saturated carbocycles. The Bertz CT molecular complexity index is 1260. The lowest BCUT2D eigenvalue weighted by molar-refractivity contribution is -0.136. The fourth-order valence-corrected chi connectivity index (χ4v) is 4.18. The first-order valence-electron chi connectivity index (χ1n) is 11.6. The number of fused-ring (bicyclic) bond motifs is 1. The Morgan fingerprint density at radius 3 is 2.59 bits per heavy atom. The molecule has 0 radical (unpaired) electrons. The van der Waals surface area contributed by atoms with Crippen LogP contribution in [0.15, 0.2) is 61.1 Å². The predicted molar refractivity (Wildman–Crippen MR) is 130 cm³/mol. The largest absolute Gasteiger partial charge is 0.439 e. The van der Waals surface area contributed by atoms with Crippen molar-refractivity contribution in [1.82, 2.24) is 30.0 Å². The Balaban J connectivity index is 1.21. The van der Waals surface area contributed by atoms with E-state index in [0.29, 0.717) is 11.6 Å². The molecule has 1 aliphatic rings. The third kappa shape index (κ3) is 4.92. The molecular formula is C26H28N6O2. The van der Waals surface area contributed by atoms with Crippen molar-refractivity contribution in [2.24, 2.45) is 5.92 Å². The van der Waals surface area contributed by atoms with Crippen LogP contribution in [0.5, 0.6) is 11.6 Å². The fraction of sp³-hybridized carbons (Fsp3) is 0.308. The van der Waals surface area contributed by atoms with Crippen molar-refractivity contribution in [1.29, 1.82) is 0 Å². The van der Waals surface area contributed by atoms with Crippen LogP contribution in [0.2, 0.25) is 0 Å². The molecule has 3 aromatic heterocycles. The normalized spacial score (nSPS) is 14.6. The number of nitrogens with zero attached hydrogens (tertiary/aromatic N) is 5. The summed E-state index contributed by atoms with van der Waals surface area (Å²) in [6, 6.07) is 13.8. The monoisotopic (exact) mass is 456 g/mol. The number of hydrogen-bond donors (Lipinski definition) is 1. The van der Waals surface area contributed by atoms with E-state index in [1.165, 1.54) is 5.56 Å². The topological polar surface area (TPSA) is 87.2 Å². The van der Waals surface area contributed by atoms with Gasteiger partial charge in [0.25, 0.3) is 0 Å². The number of ether oxygens (including phenoxy) is 1. The molecule has 1 aromatic carbocycles. The van der Waals surface area contributed by atoms with Crippen molar-refractivity contribution in [2.75, 3.05) is 26.2 Å². The van der Waals surface area contributed by atoms with Gasteiger partial charge in [0, 0.05) is 80.3 Å². The Kier molecular flexibility index (Phi) is 6.22. The van der Waals surface area contributed by atoms with Gasteiger partial charge in [0.15, 0.2) is 0 Å². The van der Waals surface area contributed by atoms with Crippen molar-refractivity contribution in [3.05, 3.63) is 66.6 Å². The van der Waals surface area contributed by atoms with Crippen LogP contribution in [-0.4, -0.2) is 62.1 Å². The van der Waals surface area contributed by atoms with Crippen molar-refractivity contribution < 1.29 is 9.53 Å². The zero-order valence-electron chi connectivity index (χ0n) is 19.4. The molecule has 0 bridgehead atoms. The number of aromatic amines is 1. The summed E-state index contributed by atoms with van der Waals surface area (Å²) in [6.45, 7) is 8.09. The summed E-state index contributed by atoms with van der Waals surface area (Å²) in [4.78, 5) is 25.6. The minimum Gasteiger partial charge on any atom is -0.439 e. The fourth-order valence-electron chi connectivity index (χ4n) is 4.18. The molecule has 0 spiro atoms. The summed E-state index contributed by atoms with van der Waals surface area (Å²) in [7, 11) is 0. The second kappa shape index (κ2) is 9.61. The summed E-state index contributed by atoms with van der Waals surface area (Å²) >= 11 is 0. The number of aromatic nitrogens is 4. The zero-order chi connectivity index (χ0) is 23.5. The maximum atomic E-state index is 12.2. The van der Waals surface area contributed by atoms with Crippen molar-refractivity contribution >= 4 is 16.8 Å². The minimum absolute atomic E-state index is 0.0576. The second-order valence-corrected chi connectivity index (χ2v) is 8.91. The number of rotatable bonds is 6. The van der Waals surface area contributed by atoms with Gasteiger partial charge in [-0.25, -0.2) is 4.98 Å². The van der Waals surface area contributed by atoms with Gasteiger partial charge in [-0.05, 0) is 35.9 Å². The second-order valence-electron chi connectivity index (χ2n) is 8.91. The Labute approximate surface area is 198 Å². The number of amides is 1. The molecule has 0 unspecified atom stereocenters. The third-order valence-corrected chi connectivity index (χ3v) is 6.07. The highest BCUT2D eigenvalue weighted by molar-refractivity contribution is 5.80. The maximum Gasteiger partial charge on any atom is 0.225 e. The van der Waals surface area contributed by atoms with Crippen LogP contribution in [0.3, 0.4) is 0 Å². The van der Waals surface area contributed by atoms with Gasteiger partial charge in [0.1, 0.15) is 5.75 Å². The van der Waals surface area contributed by atoms with Crippen LogP contribution in [0.25, 0.3) is 22.2 Å². The smallest absolute Gasteiger partial charge is 0.225 e. The summed E-state index contributed by atoms with van der Waals surface area (Å²) in [5, 5.41) is 7.96. The average molecular weight is 457 g/mol. The molecule has 1 N–H and O–H groups in total. The van der Waals surface area contributed by atoms with Crippen LogP contribution in [0.4, 0.5) is 0 Å². The number of carbonyl (C=O) groups is 1. The number of carbonyl (C=O) groups excluding carboxylic acids is 1. The number of pyridine rings is 2. The minimum atomic E-state index is 0.0576. The molecule has 8 heteroatoms. The summed E-state index contributed by atoms with van der Waals surface area (Å²) in [5.41, 5.74) is 3.91. The number of hydrogen-bond acceptors (Lipinski definition) is 6. The third-order valence-electron chi connectivity index (χ3n) is 6.07. The Morgan fingerprint density at radius 1 is 1.03 bits per heavy atom. The Hall–Kier alpha value is -3.78. The SMILES string of the molecule is CC(C)C(=O)N1CCN(Cc2cnc3cc(Oc4ccc(-c5ccn[nH]5)cn4)ccc3c2)CC1. The predicted octanol–water partition coefficient (Wildman–Crippen LogP) is 4.11. The van der Waals surface area contributed by atoms with Gasteiger partial charge in [0.05, 0.1) is 11.2 Å². The van der Waals surface area contributed by atoms with Crippen molar-refractivity contribution in [2.45, 2.75) is 20.4 Å². The molecule has 5 rings (SSSR count). The summed E-state index contributed by atoms with van der Waals surface area (Å²) in [6.07, 6.45) is 5.39. The van der Waals surface area contributed by atoms with Gasteiger partial charge in [-0.15, -0.1) is 0 Å². The average Bonchev–Trinajstić information content (AvgIpc) is 3.40. The molecule has 1 saturated heterocycles. The molecule has 1 aliphatic heterocycles. The lowest BCUT2D eigenvalue weighted by Gasteiger charge is -2.35. The highest BCUT2D eigenvalue weighted by Crippen LogP contribution is 2.26. The van der Waals surface area contributed by atoms with Crippen LogP contribution < -0.4 is 4.74 Å². The molecule has 1 amide bonds. The summed E-state index contributed by atoms with van der Waals surface area (Å²) in [5.74, 6) is 1.52. The van der Waals surface area contributed by atoms with E-state index in [0.717, 1.165) is 54.9 Å². The van der Waals surface area contributed by atoms with Gasteiger partial charge in [0.2, 0.25) is 11.8 Å². The van der Waals surface area contributed by atoms with Crippen molar-refractivity contribution in [3.63, 3.8) is 0 Å². The number of H-pyrrole nitrogens is 1. The van der Waals surface area contributed by atoms with Crippen LogP contribution in [0, 0.1) is 5.92 Å². The van der Waals surface area contributed by atoms with E-state index >= 15 is 0 Å². The number of benzene rings is 1. The molecule has 0 atom stereocenters. The van der Waals surface area contributed by atoms with E-state index < -0.39 is 0 Å². The van der Waals surface area contributed by atoms with Crippen molar-refractivity contribution in [3.8, 4) is 22.9 Å². The van der Waals surface area contributed by atoms with Crippen LogP contribution in [-0.2, 0) is 11.3 Å². The Morgan fingerprint density at radius 2 is 1.88 bits per heavy atom. The molecular weight excluding hydrogens is 428 g/mol. The van der Waals surface area contributed by atoms with Crippen LogP contribution >= 0.6 is 0 Å². The van der Waals surface area contributed by atoms with Gasteiger partial charge < -0.3 is 9.64 Å². The lowest BCUT2D eigenvalue weighted by atomic mass is 10.1. The first-order valence-corrected chi connectivity index (χ1v) is 11.6.